The van der Waals surface area contributed by atoms with Crippen LogP contribution in [0, 0.1) is 6.92 Å². The summed E-state index contributed by atoms with van der Waals surface area (Å²) in [6.07, 6.45) is 2.82. The molecule has 1 amide bonds. The molecule has 1 aliphatic heterocycles. The van der Waals surface area contributed by atoms with Gasteiger partial charge < -0.3 is 14.1 Å². The molecular weight excluding hydrogens is 378 g/mol. The Hall–Kier alpha value is -3.08. The molecule has 5 nitrogen and oxygen atoms in total. The summed E-state index contributed by atoms with van der Waals surface area (Å²) in [5.74, 6) is 0.681. The predicted octanol–water partition coefficient (Wildman–Crippen LogP) is 5.24. The van der Waals surface area contributed by atoms with Gasteiger partial charge >= 0.3 is 0 Å². The zero-order valence-corrected chi connectivity index (χ0v) is 17.7. The third-order valence-electron chi connectivity index (χ3n) is 5.53. The van der Waals surface area contributed by atoms with Gasteiger partial charge in [0, 0.05) is 6.54 Å². The van der Waals surface area contributed by atoms with Crippen LogP contribution in [0.3, 0.4) is 0 Å². The molecule has 156 valence electrons. The van der Waals surface area contributed by atoms with E-state index in [0.29, 0.717) is 29.7 Å². The average molecular weight is 405 g/mol. The maximum Gasteiger partial charge on any atom is 0.290 e. The molecule has 1 aliphatic rings. The van der Waals surface area contributed by atoms with Gasteiger partial charge in [0.1, 0.15) is 11.3 Å². The second-order valence-electron chi connectivity index (χ2n) is 7.85. The molecule has 2 aromatic carbocycles. The highest BCUT2D eigenvalue weighted by molar-refractivity contribution is 5.99. The van der Waals surface area contributed by atoms with Crippen LogP contribution in [0.1, 0.15) is 66.4 Å². The predicted molar refractivity (Wildman–Crippen MR) is 117 cm³/mol. The van der Waals surface area contributed by atoms with Crippen molar-refractivity contribution >= 4 is 16.9 Å². The lowest BCUT2D eigenvalue weighted by molar-refractivity contribution is 0.0728. The molecule has 0 unspecified atom stereocenters. The highest BCUT2D eigenvalue weighted by Gasteiger charge is 2.42. The third kappa shape index (κ3) is 3.49. The summed E-state index contributed by atoms with van der Waals surface area (Å²) in [7, 11) is 0. The Kier molecular flexibility index (Phi) is 5.62. The fourth-order valence-electron chi connectivity index (χ4n) is 4.06. The number of hydrogen-bond donors (Lipinski definition) is 0. The number of aryl methyl sites for hydroxylation is 1. The standard InChI is InChI=1S/C25H27NO4/c1-4-6-13-29-18-9-7-8-17(15-18)22-21-23(27)19-14-16(3)10-11-20(19)30-24(21)25(28)26(22)12-5-2/h7-11,14-15,22H,4-6,12-13H2,1-3H3/t22-/m1/s1. The van der Waals surface area contributed by atoms with Crippen LogP contribution in [0.5, 0.6) is 5.75 Å². The molecule has 0 bridgehead atoms. The number of rotatable bonds is 7. The quantitative estimate of drug-likeness (QED) is 0.505. The Morgan fingerprint density at radius 3 is 2.67 bits per heavy atom. The SMILES string of the molecule is CCCCOc1cccc([C@@H]2c3c(oc4ccc(C)cc4c3=O)C(=O)N2CCC)c1. The number of unbranched alkanes of at least 4 members (excludes halogenated alkanes) is 1. The number of benzene rings is 2. The lowest BCUT2D eigenvalue weighted by Crippen LogP contribution is -2.30. The smallest absolute Gasteiger partial charge is 0.290 e. The zero-order valence-electron chi connectivity index (χ0n) is 17.7. The van der Waals surface area contributed by atoms with E-state index >= 15 is 0 Å². The van der Waals surface area contributed by atoms with Gasteiger partial charge in [-0.25, -0.2) is 0 Å². The van der Waals surface area contributed by atoms with Gasteiger partial charge in [-0.1, -0.05) is 44.0 Å². The Balaban J connectivity index is 1.86. The molecule has 0 spiro atoms. The first kappa shape index (κ1) is 20.2. The fourth-order valence-corrected chi connectivity index (χ4v) is 4.06. The lowest BCUT2D eigenvalue weighted by Gasteiger charge is -2.25. The van der Waals surface area contributed by atoms with E-state index in [4.69, 9.17) is 9.15 Å². The van der Waals surface area contributed by atoms with Gasteiger partial charge in [-0.05, 0) is 49.6 Å². The fraction of sp³-hybridized carbons (Fsp3) is 0.360. The molecular formula is C25H27NO4. The molecule has 0 radical (unpaired) electrons. The van der Waals surface area contributed by atoms with Gasteiger partial charge in [0.15, 0.2) is 5.43 Å². The van der Waals surface area contributed by atoms with E-state index in [-0.39, 0.29) is 17.1 Å². The van der Waals surface area contributed by atoms with E-state index in [2.05, 4.69) is 6.92 Å². The molecule has 5 heteroatoms. The van der Waals surface area contributed by atoms with Gasteiger partial charge in [0.05, 0.1) is 23.6 Å². The second kappa shape index (κ2) is 8.34. The molecule has 4 rings (SSSR count). The van der Waals surface area contributed by atoms with Crippen molar-refractivity contribution in [3.8, 4) is 5.75 Å². The number of carbonyl (C=O) groups is 1. The van der Waals surface area contributed by atoms with Crippen LogP contribution in [-0.2, 0) is 0 Å². The van der Waals surface area contributed by atoms with E-state index < -0.39 is 6.04 Å². The summed E-state index contributed by atoms with van der Waals surface area (Å²) in [4.78, 5) is 28.4. The molecule has 0 saturated carbocycles. The minimum absolute atomic E-state index is 0.135. The van der Waals surface area contributed by atoms with E-state index in [1.165, 1.54) is 0 Å². The van der Waals surface area contributed by atoms with Crippen molar-refractivity contribution < 1.29 is 13.9 Å². The monoisotopic (exact) mass is 405 g/mol. The molecule has 1 aromatic heterocycles. The summed E-state index contributed by atoms with van der Waals surface area (Å²) >= 11 is 0. The first-order valence-electron chi connectivity index (χ1n) is 10.7. The van der Waals surface area contributed by atoms with Crippen LogP contribution in [0.4, 0.5) is 0 Å². The normalized spacial score (nSPS) is 15.6. The van der Waals surface area contributed by atoms with Crippen molar-refractivity contribution in [2.75, 3.05) is 13.2 Å². The Bertz CT molecular complexity index is 1150. The van der Waals surface area contributed by atoms with Crippen LogP contribution >= 0.6 is 0 Å². The Morgan fingerprint density at radius 2 is 1.90 bits per heavy atom. The minimum Gasteiger partial charge on any atom is -0.494 e. The van der Waals surface area contributed by atoms with Crippen LogP contribution < -0.4 is 10.2 Å². The first-order valence-corrected chi connectivity index (χ1v) is 10.7. The van der Waals surface area contributed by atoms with Crippen LogP contribution in [0.15, 0.2) is 51.7 Å². The second-order valence-corrected chi connectivity index (χ2v) is 7.85. The van der Waals surface area contributed by atoms with Crippen molar-refractivity contribution in [3.63, 3.8) is 0 Å². The third-order valence-corrected chi connectivity index (χ3v) is 5.53. The highest BCUT2D eigenvalue weighted by atomic mass is 16.5. The van der Waals surface area contributed by atoms with Gasteiger partial charge in [-0.2, -0.15) is 0 Å². The average Bonchev–Trinajstić information content (AvgIpc) is 3.02. The molecule has 0 N–H and O–H groups in total. The number of carbonyl (C=O) groups excluding carboxylic acids is 1. The van der Waals surface area contributed by atoms with Crippen molar-refractivity contribution in [2.24, 2.45) is 0 Å². The Morgan fingerprint density at radius 1 is 1.07 bits per heavy atom. The van der Waals surface area contributed by atoms with Crippen LogP contribution in [0.2, 0.25) is 0 Å². The van der Waals surface area contributed by atoms with Gasteiger partial charge in [0.2, 0.25) is 5.76 Å². The molecule has 0 aliphatic carbocycles. The minimum atomic E-state index is -0.469. The summed E-state index contributed by atoms with van der Waals surface area (Å²) in [5, 5.41) is 0.514. The Labute approximate surface area is 176 Å². The molecule has 30 heavy (non-hydrogen) atoms. The lowest BCUT2D eigenvalue weighted by atomic mass is 9.98. The molecule has 1 atom stereocenters. The van der Waals surface area contributed by atoms with E-state index in [0.717, 1.165) is 36.1 Å². The number of fused-ring (bicyclic) bond motifs is 2. The van der Waals surface area contributed by atoms with Crippen LogP contribution in [-0.4, -0.2) is 24.0 Å². The first-order chi connectivity index (χ1) is 14.5. The number of hydrogen-bond acceptors (Lipinski definition) is 4. The molecule has 3 aromatic rings. The number of amides is 1. The van der Waals surface area contributed by atoms with Gasteiger partial charge in [-0.15, -0.1) is 0 Å². The van der Waals surface area contributed by atoms with E-state index in [1.807, 2.05) is 50.2 Å². The number of ether oxygens (including phenoxy) is 1. The topological polar surface area (TPSA) is 59.8 Å². The van der Waals surface area contributed by atoms with E-state index in [1.54, 1.807) is 11.0 Å². The van der Waals surface area contributed by atoms with E-state index in [9.17, 15) is 9.59 Å². The van der Waals surface area contributed by atoms with Crippen molar-refractivity contribution in [3.05, 3.63) is 75.1 Å². The van der Waals surface area contributed by atoms with Gasteiger partial charge in [0.25, 0.3) is 5.91 Å². The molecule has 2 heterocycles. The molecule has 0 saturated heterocycles. The maximum atomic E-state index is 13.5. The van der Waals surface area contributed by atoms with Crippen molar-refractivity contribution in [1.29, 1.82) is 0 Å². The maximum absolute atomic E-state index is 13.5. The van der Waals surface area contributed by atoms with Gasteiger partial charge in [-0.3, -0.25) is 9.59 Å². The summed E-state index contributed by atoms with van der Waals surface area (Å²) in [6, 6.07) is 12.7. The molecule has 0 fully saturated rings. The zero-order chi connectivity index (χ0) is 21.3. The summed E-state index contributed by atoms with van der Waals surface area (Å²) in [5.41, 5.74) is 2.59. The number of nitrogens with zero attached hydrogens (tertiary/aromatic N) is 1. The largest absolute Gasteiger partial charge is 0.494 e. The highest BCUT2D eigenvalue weighted by Crippen LogP contribution is 2.39. The van der Waals surface area contributed by atoms with Crippen molar-refractivity contribution in [2.45, 2.75) is 46.1 Å². The van der Waals surface area contributed by atoms with Crippen molar-refractivity contribution in [1.82, 2.24) is 4.90 Å². The van der Waals surface area contributed by atoms with Crippen LogP contribution in [0.25, 0.3) is 11.0 Å². The summed E-state index contributed by atoms with van der Waals surface area (Å²) < 4.78 is 11.8. The summed E-state index contributed by atoms with van der Waals surface area (Å²) in [6.45, 7) is 7.27.